The minimum atomic E-state index is -0.852. The number of esters is 2. The lowest BCUT2D eigenvalue weighted by Crippen LogP contribution is -2.40. The van der Waals surface area contributed by atoms with Crippen LogP contribution in [-0.4, -0.2) is 125 Å². The van der Waals surface area contributed by atoms with Gasteiger partial charge in [-0.2, -0.15) is 0 Å². The molecule has 3 N–H and O–H groups in total. The number of ketones is 3. The number of carboxylic acids is 2. The van der Waals surface area contributed by atoms with E-state index < -0.39 is 52.9 Å². The molecule has 9 atom stereocenters. The molecule has 0 radical (unpaired) electrons. The molecule has 0 spiro atoms. The van der Waals surface area contributed by atoms with Gasteiger partial charge in [0.05, 0.1) is 23.7 Å². The van der Waals surface area contributed by atoms with E-state index in [4.69, 9.17) is 19.7 Å². The van der Waals surface area contributed by atoms with Crippen LogP contribution >= 0.6 is 0 Å². The summed E-state index contributed by atoms with van der Waals surface area (Å²) in [7, 11) is 7.65. The molecule has 0 aromatic carbocycles. The van der Waals surface area contributed by atoms with Crippen LogP contribution in [0.5, 0.6) is 0 Å². The summed E-state index contributed by atoms with van der Waals surface area (Å²) in [6.07, 6.45) is 4.82. The molecule has 14 heteroatoms. The number of ether oxygens (including phenoxy) is 2. The summed E-state index contributed by atoms with van der Waals surface area (Å²) in [5.74, 6) is -4.07. The Kier molecular flexibility index (Phi) is 20.0. The van der Waals surface area contributed by atoms with E-state index in [-0.39, 0.29) is 63.3 Å². The second kappa shape index (κ2) is 21.9. The number of likely N-dealkylation sites (N-methyl/N-ethyl adjacent to an activating group) is 2. The average molecular weight is 867 g/mol. The van der Waals surface area contributed by atoms with Crippen molar-refractivity contribution in [2.75, 3.05) is 41.3 Å². The molecule has 9 unspecified atom stereocenters. The second-order valence-corrected chi connectivity index (χ2v) is 21.3. The summed E-state index contributed by atoms with van der Waals surface area (Å²) in [6.45, 7) is 26.1. The van der Waals surface area contributed by atoms with Gasteiger partial charge in [-0.05, 0) is 118 Å². The fourth-order valence-electron chi connectivity index (χ4n) is 9.88. The summed E-state index contributed by atoms with van der Waals surface area (Å²) >= 11 is 0. The highest BCUT2D eigenvalue weighted by Gasteiger charge is 2.66. The van der Waals surface area contributed by atoms with Crippen LogP contribution in [0.2, 0.25) is 0 Å². The molecule has 4 fully saturated rings. The van der Waals surface area contributed by atoms with Crippen molar-refractivity contribution >= 4 is 41.2 Å². The minimum absolute atomic E-state index is 0.00347. The lowest BCUT2D eigenvalue weighted by atomic mass is 9.70. The topological polar surface area (TPSA) is 205 Å². The van der Waals surface area contributed by atoms with Crippen LogP contribution in [0.15, 0.2) is 0 Å². The number of aliphatic hydroxyl groups excluding tert-OH is 1. The van der Waals surface area contributed by atoms with Crippen molar-refractivity contribution in [3.8, 4) is 0 Å². The lowest BCUT2D eigenvalue weighted by molar-refractivity contribution is -0.164. The van der Waals surface area contributed by atoms with Crippen molar-refractivity contribution in [1.82, 2.24) is 9.80 Å². The van der Waals surface area contributed by atoms with Gasteiger partial charge in [0.15, 0.2) is 5.78 Å². The molecule has 0 aromatic rings. The molecule has 4 saturated carbocycles. The van der Waals surface area contributed by atoms with E-state index in [2.05, 4.69) is 13.8 Å². The maximum Gasteiger partial charge on any atom is 0.309 e. The number of carboxylic acid groups (broad SMARTS) is 2. The minimum Gasteiger partial charge on any atom is -0.481 e. The van der Waals surface area contributed by atoms with Gasteiger partial charge in [-0.3, -0.25) is 33.6 Å². The molecular formula is C47H82N2O12. The third-order valence-corrected chi connectivity index (χ3v) is 13.8. The van der Waals surface area contributed by atoms with Crippen molar-refractivity contribution < 1.29 is 58.4 Å². The molecule has 4 rings (SSSR count). The van der Waals surface area contributed by atoms with Gasteiger partial charge in [-0.25, -0.2) is 0 Å². The molecule has 0 heterocycles. The Morgan fingerprint density at radius 1 is 0.672 bits per heavy atom. The number of aliphatic carboxylic acids is 2. The number of carbonyl (C=O) groups excluding carboxylic acids is 5. The number of carbonyl (C=O) groups is 7. The highest BCUT2D eigenvalue weighted by Crippen LogP contribution is 2.63. The first-order valence-electron chi connectivity index (χ1n) is 22.1. The number of rotatable bonds is 16. The first kappa shape index (κ1) is 55.8. The van der Waals surface area contributed by atoms with Crippen LogP contribution < -0.4 is 0 Å². The Morgan fingerprint density at radius 3 is 1.21 bits per heavy atom. The zero-order valence-corrected chi connectivity index (χ0v) is 40.6. The van der Waals surface area contributed by atoms with Crippen molar-refractivity contribution in [1.29, 1.82) is 0 Å². The van der Waals surface area contributed by atoms with E-state index in [9.17, 15) is 38.7 Å². The van der Waals surface area contributed by atoms with Crippen molar-refractivity contribution in [3.63, 3.8) is 0 Å². The van der Waals surface area contributed by atoms with Crippen molar-refractivity contribution in [3.05, 3.63) is 0 Å². The normalized spacial score (nSPS) is 26.5. The van der Waals surface area contributed by atoms with Gasteiger partial charge in [0, 0.05) is 36.3 Å². The molecular weight excluding hydrogens is 785 g/mol. The smallest absolute Gasteiger partial charge is 0.309 e. The highest BCUT2D eigenvalue weighted by molar-refractivity contribution is 6.41. The van der Waals surface area contributed by atoms with Crippen LogP contribution in [0.1, 0.15) is 141 Å². The Morgan fingerprint density at radius 2 is 1.02 bits per heavy atom. The van der Waals surface area contributed by atoms with E-state index in [0.717, 1.165) is 25.7 Å². The number of aliphatic hydroxyl groups is 1. The van der Waals surface area contributed by atoms with Gasteiger partial charge in [0.1, 0.15) is 17.3 Å². The van der Waals surface area contributed by atoms with Crippen LogP contribution in [0.3, 0.4) is 0 Å². The number of hydrogen-bond acceptors (Lipinski definition) is 12. The van der Waals surface area contributed by atoms with E-state index in [0.29, 0.717) is 38.8 Å². The monoisotopic (exact) mass is 867 g/mol. The number of nitrogens with zero attached hydrogens (tertiary/aromatic N) is 2. The number of fused-ring (bicyclic) bond motifs is 4. The predicted octanol–water partition coefficient (Wildman–Crippen LogP) is 6.58. The molecule has 4 aliphatic carbocycles. The van der Waals surface area contributed by atoms with Crippen LogP contribution in [0, 0.1) is 57.7 Å². The molecule has 4 aliphatic rings. The van der Waals surface area contributed by atoms with Gasteiger partial charge < -0.3 is 34.6 Å². The van der Waals surface area contributed by atoms with Gasteiger partial charge in [-0.15, -0.1) is 0 Å². The second-order valence-electron chi connectivity index (χ2n) is 21.3. The van der Waals surface area contributed by atoms with Crippen LogP contribution in [-0.2, 0) is 43.0 Å². The van der Waals surface area contributed by atoms with Gasteiger partial charge in [-0.1, -0.05) is 62.3 Å². The van der Waals surface area contributed by atoms with Gasteiger partial charge in [0.2, 0.25) is 11.6 Å². The summed E-state index contributed by atoms with van der Waals surface area (Å²) in [5, 5.41) is 27.7. The molecule has 0 amide bonds. The average Bonchev–Trinajstić information content (AvgIpc) is 3.65. The quantitative estimate of drug-likeness (QED) is 0.111. The summed E-state index contributed by atoms with van der Waals surface area (Å²) in [4.78, 5) is 83.8. The Labute approximate surface area is 366 Å². The third-order valence-electron chi connectivity index (χ3n) is 13.8. The zero-order valence-electron chi connectivity index (χ0n) is 40.6. The zero-order chi connectivity index (χ0) is 47.8. The fourth-order valence-corrected chi connectivity index (χ4v) is 9.88. The first-order chi connectivity index (χ1) is 27.6. The van der Waals surface area contributed by atoms with Crippen LogP contribution in [0.4, 0.5) is 0 Å². The maximum absolute atomic E-state index is 12.0. The molecule has 0 saturated heterocycles. The van der Waals surface area contributed by atoms with Gasteiger partial charge in [0.25, 0.3) is 0 Å². The molecule has 352 valence electrons. The predicted molar refractivity (Wildman–Crippen MR) is 233 cm³/mol. The standard InChI is InChI=1S/2C14H27NO4.C10H16O2.C9H12O2/c2*1-7-11(12(16)17)8-10(2)13(18)19-14(3,4)9-15(5)6;1-9(2)6-4-5-10(9,3)8(12)7(6)11;1-9(2)5-3-4-6(9)8(11)7(5)10/h2*10-11H,7-9H2,1-6H3,(H,16,17);6,8,12H,4-5H2,1-3H3;5-6H,3-4H2,1-2H3. The summed E-state index contributed by atoms with van der Waals surface area (Å²) < 4.78 is 10.9. The van der Waals surface area contributed by atoms with Crippen molar-refractivity contribution in [2.45, 2.75) is 159 Å². The van der Waals surface area contributed by atoms with E-state index in [1.54, 1.807) is 13.8 Å². The molecule has 61 heavy (non-hydrogen) atoms. The maximum atomic E-state index is 12.0. The molecule has 0 aliphatic heterocycles. The molecule has 4 bridgehead atoms. The third kappa shape index (κ3) is 14.4. The van der Waals surface area contributed by atoms with E-state index in [1.807, 2.05) is 100 Å². The first-order valence-corrected chi connectivity index (χ1v) is 22.1. The van der Waals surface area contributed by atoms with Crippen LogP contribution in [0.25, 0.3) is 0 Å². The molecule has 0 aromatic heterocycles. The highest BCUT2D eigenvalue weighted by atomic mass is 16.6. The van der Waals surface area contributed by atoms with Crippen molar-refractivity contribution in [2.24, 2.45) is 57.7 Å². The largest absolute Gasteiger partial charge is 0.481 e. The Bertz CT molecular complexity index is 1480. The molecule has 14 nitrogen and oxygen atoms in total. The fraction of sp³-hybridized carbons (Fsp3) is 0.851. The Balaban J connectivity index is 0.000000416. The summed E-state index contributed by atoms with van der Waals surface area (Å²) in [5.41, 5.74) is -1.33. The summed E-state index contributed by atoms with van der Waals surface area (Å²) in [6, 6.07) is 0. The van der Waals surface area contributed by atoms with E-state index >= 15 is 0 Å². The van der Waals surface area contributed by atoms with E-state index in [1.165, 1.54) is 0 Å². The lowest BCUT2D eigenvalue weighted by Gasteiger charge is -2.35. The number of hydrogen-bond donors (Lipinski definition) is 3. The number of Topliss-reactive ketones (excluding diaryl/α,β-unsaturated/α-hetero) is 3. The SMILES string of the molecule is CC1(C)C2CCC1(C)C(O)C2=O.CC1(C)C2CCC1C(=O)C2=O.CCC(CC(C)C(=O)OC(C)(C)CN(C)C)C(=O)O.CCC(CC(C)C(=O)OC(C)(C)CN(C)C)C(=O)O. The van der Waals surface area contributed by atoms with Gasteiger partial charge >= 0.3 is 23.9 Å². The Hall–Kier alpha value is -3.23.